The Hall–Kier alpha value is -0.410. The number of ketones is 1. The van der Waals surface area contributed by atoms with Gasteiger partial charge in [-0.25, -0.2) is 4.39 Å². The molecular formula is C10H9BrClFO. The molecule has 0 aliphatic rings. The van der Waals surface area contributed by atoms with Gasteiger partial charge in [-0.3, -0.25) is 4.79 Å². The molecule has 0 amide bonds. The van der Waals surface area contributed by atoms with E-state index < -0.39 is 11.2 Å². The zero-order chi connectivity index (χ0) is 10.7. The van der Waals surface area contributed by atoms with Gasteiger partial charge in [0, 0.05) is 5.33 Å². The lowest BCUT2D eigenvalue weighted by Crippen LogP contribution is -2.14. The van der Waals surface area contributed by atoms with Crippen molar-refractivity contribution in [2.75, 3.05) is 0 Å². The molecule has 1 unspecified atom stereocenters. The van der Waals surface area contributed by atoms with Crippen molar-refractivity contribution < 1.29 is 9.18 Å². The van der Waals surface area contributed by atoms with Gasteiger partial charge in [-0.05, 0) is 18.6 Å². The maximum Gasteiger partial charge on any atom is 0.183 e. The van der Waals surface area contributed by atoms with E-state index in [4.69, 9.17) is 11.6 Å². The molecule has 0 fully saturated rings. The number of carbonyl (C=O) groups is 1. The number of Topliss-reactive ketones (excluding diaryl/α,β-unsaturated/α-hetero) is 1. The summed E-state index contributed by atoms with van der Waals surface area (Å²) >= 11 is 8.83. The lowest BCUT2D eigenvalue weighted by Gasteiger charge is -2.08. The van der Waals surface area contributed by atoms with Crippen LogP contribution in [-0.4, -0.2) is 11.2 Å². The smallest absolute Gasteiger partial charge is 0.183 e. The Kier molecular flexibility index (Phi) is 4.08. The molecule has 0 heterocycles. The van der Waals surface area contributed by atoms with Crippen molar-refractivity contribution >= 4 is 33.3 Å². The Morgan fingerprint density at radius 1 is 1.64 bits per heavy atom. The first-order valence-electron chi connectivity index (χ1n) is 4.09. The number of hydrogen-bond donors (Lipinski definition) is 0. The highest BCUT2D eigenvalue weighted by Crippen LogP contribution is 2.19. The first-order valence-corrected chi connectivity index (χ1v) is 5.65. The van der Waals surface area contributed by atoms with Gasteiger partial charge in [0.05, 0.1) is 10.9 Å². The Labute approximate surface area is 95.4 Å². The summed E-state index contributed by atoms with van der Waals surface area (Å²) in [4.78, 5) is 11.6. The van der Waals surface area contributed by atoms with Crippen molar-refractivity contribution in [1.82, 2.24) is 0 Å². The van der Waals surface area contributed by atoms with Gasteiger partial charge in [0.2, 0.25) is 0 Å². The summed E-state index contributed by atoms with van der Waals surface area (Å²) in [5.41, 5.74) is 0.717. The largest absolute Gasteiger partial charge is 0.292 e. The molecule has 0 aliphatic heterocycles. The molecular weight excluding hydrogens is 270 g/mol. The quantitative estimate of drug-likeness (QED) is 0.611. The normalized spacial score (nSPS) is 12.6. The zero-order valence-electron chi connectivity index (χ0n) is 7.56. The average Bonchev–Trinajstić information content (AvgIpc) is 2.16. The molecule has 76 valence electrons. The van der Waals surface area contributed by atoms with Crippen LogP contribution in [0, 0.1) is 5.82 Å². The topological polar surface area (TPSA) is 17.1 Å². The van der Waals surface area contributed by atoms with Crippen LogP contribution in [0.4, 0.5) is 4.39 Å². The zero-order valence-corrected chi connectivity index (χ0v) is 9.90. The number of carbonyl (C=O) groups excluding carboxylic acids is 1. The van der Waals surface area contributed by atoms with Crippen LogP contribution in [0.15, 0.2) is 18.2 Å². The molecule has 0 aliphatic carbocycles. The van der Waals surface area contributed by atoms with Crippen LogP contribution in [0.5, 0.6) is 0 Å². The molecule has 0 aromatic heterocycles. The molecule has 4 heteroatoms. The third-order valence-corrected chi connectivity index (χ3v) is 2.65. The van der Waals surface area contributed by atoms with Gasteiger partial charge in [-0.1, -0.05) is 28.1 Å². The molecule has 1 aromatic carbocycles. The van der Waals surface area contributed by atoms with E-state index in [-0.39, 0.29) is 11.3 Å². The Balaban J connectivity index is 3.23. The first kappa shape index (κ1) is 11.7. The van der Waals surface area contributed by atoms with Gasteiger partial charge in [0.25, 0.3) is 0 Å². The van der Waals surface area contributed by atoms with Gasteiger partial charge in [0.1, 0.15) is 5.82 Å². The molecule has 1 nitrogen and oxygen atoms in total. The third-order valence-electron chi connectivity index (χ3n) is 1.85. The number of halogens is 3. The first-order chi connectivity index (χ1) is 6.57. The Bertz CT molecular complexity index is 352. The van der Waals surface area contributed by atoms with Crippen molar-refractivity contribution in [3.8, 4) is 0 Å². The van der Waals surface area contributed by atoms with Crippen molar-refractivity contribution in [3.05, 3.63) is 35.1 Å². The minimum atomic E-state index is -0.704. The second kappa shape index (κ2) is 4.89. The van der Waals surface area contributed by atoms with E-state index in [1.54, 1.807) is 12.1 Å². The van der Waals surface area contributed by atoms with Crippen LogP contribution in [0.25, 0.3) is 0 Å². The van der Waals surface area contributed by atoms with E-state index in [0.29, 0.717) is 10.9 Å². The second-order valence-electron chi connectivity index (χ2n) is 2.89. The average molecular weight is 280 g/mol. The maximum absolute atomic E-state index is 13.3. The summed E-state index contributed by atoms with van der Waals surface area (Å²) in [6.45, 7) is 1.54. The van der Waals surface area contributed by atoms with Gasteiger partial charge in [-0.2, -0.15) is 0 Å². The monoisotopic (exact) mass is 278 g/mol. The van der Waals surface area contributed by atoms with E-state index in [1.807, 2.05) is 0 Å². The summed E-state index contributed by atoms with van der Waals surface area (Å²) in [6.07, 6.45) is 0. The van der Waals surface area contributed by atoms with Gasteiger partial charge >= 0.3 is 0 Å². The summed E-state index contributed by atoms with van der Waals surface area (Å²) in [5.74, 6) is -0.890. The summed E-state index contributed by atoms with van der Waals surface area (Å²) in [7, 11) is 0. The van der Waals surface area contributed by atoms with E-state index in [2.05, 4.69) is 15.9 Å². The predicted molar refractivity (Wildman–Crippen MR) is 58.7 cm³/mol. The molecule has 1 atom stereocenters. The molecule has 14 heavy (non-hydrogen) atoms. The standard InChI is InChI=1S/C10H9BrClFO/c1-6(12)10(14)9-7(5-11)3-2-4-8(9)13/h2-4,6H,5H2,1H3. The maximum atomic E-state index is 13.3. The number of alkyl halides is 2. The molecule has 0 saturated carbocycles. The van der Waals surface area contributed by atoms with Crippen LogP contribution in [-0.2, 0) is 5.33 Å². The van der Waals surface area contributed by atoms with Crippen LogP contribution >= 0.6 is 27.5 Å². The van der Waals surface area contributed by atoms with Crippen LogP contribution in [0.3, 0.4) is 0 Å². The number of hydrogen-bond acceptors (Lipinski definition) is 1. The predicted octanol–water partition coefficient (Wildman–Crippen LogP) is 3.53. The second-order valence-corrected chi connectivity index (χ2v) is 4.10. The summed E-state index contributed by atoms with van der Waals surface area (Å²) < 4.78 is 13.3. The van der Waals surface area contributed by atoms with E-state index in [1.165, 1.54) is 13.0 Å². The van der Waals surface area contributed by atoms with Crippen molar-refractivity contribution in [1.29, 1.82) is 0 Å². The van der Waals surface area contributed by atoms with E-state index >= 15 is 0 Å². The fraction of sp³-hybridized carbons (Fsp3) is 0.300. The highest BCUT2D eigenvalue weighted by Gasteiger charge is 2.19. The number of rotatable bonds is 3. The SMILES string of the molecule is CC(Cl)C(=O)c1c(F)cccc1CBr. The van der Waals surface area contributed by atoms with Crippen LogP contribution in [0.2, 0.25) is 0 Å². The third kappa shape index (κ3) is 2.34. The molecule has 1 aromatic rings. The van der Waals surface area contributed by atoms with Crippen LogP contribution < -0.4 is 0 Å². The van der Waals surface area contributed by atoms with Crippen molar-refractivity contribution in [2.45, 2.75) is 17.6 Å². The summed E-state index contributed by atoms with van der Waals surface area (Å²) in [5, 5.41) is -0.264. The molecule has 0 radical (unpaired) electrons. The minimum absolute atomic E-state index is 0.0897. The molecule has 0 bridgehead atoms. The highest BCUT2D eigenvalue weighted by molar-refractivity contribution is 9.08. The fourth-order valence-electron chi connectivity index (χ4n) is 1.15. The molecule has 1 rings (SSSR count). The Morgan fingerprint density at radius 2 is 2.29 bits per heavy atom. The highest BCUT2D eigenvalue weighted by atomic mass is 79.9. The molecule has 0 saturated heterocycles. The lowest BCUT2D eigenvalue weighted by molar-refractivity contribution is 0.0987. The lowest BCUT2D eigenvalue weighted by atomic mass is 10.0. The van der Waals surface area contributed by atoms with Gasteiger partial charge in [-0.15, -0.1) is 11.6 Å². The minimum Gasteiger partial charge on any atom is -0.292 e. The number of benzene rings is 1. The fourth-order valence-corrected chi connectivity index (χ4v) is 1.73. The summed E-state index contributed by atoms with van der Waals surface area (Å²) in [6, 6.07) is 4.53. The van der Waals surface area contributed by atoms with Gasteiger partial charge in [0.15, 0.2) is 5.78 Å². The molecule has 0 spiro atoms. The van der Waals surface area contributed by atoms with E-state index in [0.717, 1.165) is 0 Å². The van der Waals surface area contributed by atoms with Crippen molar-refractivity contribution in [2.24, 2.45) is 0 Å². The molecule has 0 N–H and O–H groups in total. The Morgan fingerprint density at radius 3 is 2.79 bits per heavy atom. The van der Waals surface area contributed by atoms with Crippen LogP contribution in [0.1, 0.15) is 22.8 Å². The van der Waals surface area contributed by atoms with Gasteiger partial charge < -0.3 is 0 Å². The van der Waals surface area contributed by atoms with E-state index in [9.17, 15) is 9.18 Å². The van der Waals surface area contributed by atoms with Crippen molar-refractivity contribution in [3.63, 3.8) is 0 Å².